The van der Waals surface area contributed by atoms with E-state index in [0.717, 1.165) is 0 Å². The molecule has 1 aliphatic heterocycles. The van der Waals surface area contributed by atoms with Crippen molar-refractivity contribution in [2.24, 2.45) is 0 Å². The molecule has 2 rings (SSSR count). The molecule has 7 heteroatoms. The Labute approximate surface area is 141 Å². The Morgan fingerprint density at radius 3 is 2.09 bits per heavy atom. The minimum absolute atomic E-state index is 0.184. The van der Waals surface area contributed by atoms with E-state index in [-0.39, 0.29) is 12.1 Å². The lowest BCUT2D eigenvalue weighted by Gasteiger charge is -2.35. The van der Waals surface area contributed by atoms with E-state index in [1.54, 1.807) is 34.1 Å². The fraction of sp³-hybridized carbons (Fsp3) is 0.500. The number of halogens is 1. The highest BCUT2D eigenvalue weighted by Gasteiger charge is 2.27. The highest BCUT2D eigenvalue weighted by molar-refractivity contribution is 6.30. The van der Waals surface area contributed by atoms with E-state index in [0.29, 0.717) is 36.9 Å². The molecule has 1 N–H and O–H groups in total. The largest absolute Gasteiger partial charge is 0.444 e. The highest BCUT2D eigenvalue weighted by Crippen LogP contribution is 2.15. The van der Waals surface area contributed by atoms with Crippen molar-refractivity contribution in [3.63, 3.8) is 0 Å². The Hall–Kier alpha value is -1.95. The number of ether oxygens (including phenoxy) is 1. The van der Waals surface area contributed by atoms with E-state index in [1.807, 2.05) is 20.8 Å². The quantitative estimate of drug-likeness (QED) is 0.852. The molecular weight excluding hydrogens is 318 g/mol. The molecule has 0 aliphatic carbocycles. The van der Waals surface area contributed by atoms with Gasteiger partial charge in [-0.2, -0.15) is 0 Å². The van der Waals surface area contributed by atoms with Crippen LogP contribution in [0.2, 0.25) is 5.02 Å². The molecule has 1 heterocycles. The molecule has 1 saturated heterocycles. The van der Waals surface area contributed by atoms with Gasteiger partial charge in [-0.3, -0.25) is 0 Å². The molecule has 126 valence electrons. The third kappa shape index (κ3) is 5.32. The molecule has 0 bridgehead atoms. The smallest absolute Gasteiger partial charge is 0.410 e. The number of hydrogen-bond donors (Lipinski definition) is 1. The second-order valence-electron chi connectivity index (χ2n) is 6.39. The first-order chi connectivity index (χ1) is 10.7. The van der Waals surface area contributed by atoms with Crippen LogP contribution in [-0.2, 0) is 4.74 Å². The fourth-order valence-electron chi connectivity index (χ4n) is 2.15. The van der Waals surface area contributed by atoms with Gasteiger partial charge in [0.1, 0.15) is 5.60 Å². The van der Waals surface area contributed by atoms with Gasteiger partial charge in [0.2, 0.25) is 0 Å². The summed E-state index contributed by atoms with van der Waals surface area (Å²) in [6, 6.07) is 6.75. The number of carbonyl (C=O) groups excluding carboxylic acids is 2. The molecule has 1 fully saturated rings. The minimum atomic E-state index is -0.514. The van der Waals surface area contributed by atoms with Crippen LogP contribution in [0.1, 0.15) is 20.8 Å². The lowest BCUT2D eigenvalue weighted by atomic mass is 10.2. The summed E-state index contributed by atoms with van der Waals surface area (Å²) in [5.74, 6) is 0. The van der Waals surface area contributed by atoms with Crippen LogP contribution in [0.5, 0.6) is 0 Å². The molecular formula is C16H22ClN3O3. The fourth-order valence-corrected chi connectivity index (χ4v) is 2.28. The third-order valence-corrected chi connectivity index (χ3v) is 3.57. The van der Waals surface area contributed by atoms with Gasteiger partial charge >= 0.3 is 12.1 Å². The maximum atomic E-state index is 12.2. The van der Waals surface area contributed by atoms with Crippen molar-refractivity contribution in [2.75, 3.05) is 31.5 Å². The van der Waals surface area contributed by atoms with Gasteiger partial charge < -0.3 is 19.9 Å². The Kier molecular flexibility index (Phi) is 5.36. The minimum Gasteiger partial charge on any atom is -0.444 e. The summed E-state index contributed by atoms with van der Waals surface area (Å²) in [6.45, 7) is 7.37. The zero-order valence-electron chi connectivity index (χ0n) is 13.6. The van der Waals surface area contributed by atoms with Crippen LogP contribution in [0.3, 0.4) is 0 Å². The zero-order valence-corrected chi connectivity index (χ0v) is 14.4. The predicted octanol–water partition coefficient (Wildman–Crippen LogP) is 3.42. The van der Waals surface area contributed by atoms with Crippen molar-refractivity contribution in [2.45, 2.75) is 26.4 Å². The van der Waals surface area contributed by atoms with Gasteiger partial charge in [-0.05, 0) is 45.0 Å². The molecule has 0 unspecified atom stereocenters. The number of rotatable bonds is 1. The molecule has 0 saturated carbocycles. The highest BCUT2D eigenvalue weighted by atomic mass is 35.5. The SMILES string of the molecule is CC(C)(C)OC(=O)N1CCN(C(=O)Nc2ccc(Cl)cc2)CC1. The van der Waals surface area contributed by atoms with Gasteiger partial charge in [0.25, 0.3) is 0 Å². The average Bonchev–Trinajstić information content (AvgIpc) is 2.48. The standard InChI is InChI=1S/C16H22ClN3O3/c1-16(2,3)23-15(22)20-10-8-19(9-11-20)14(21)18-13-6-4-12(17)5-7-13/h4-7H,8-11H2,1-3H3,(H,18,21). The van der Waals surface area contributed by atoms with Crippen LogP contribution >= 0.6 is 11.6 Å². The lowest BCUT2D eigenvalue weighted by molar-refractivity contribution is 0.0174. The first-order valence-corrected chi connectivity index (χ1v) is 7.92. The van der Waals surface area contributed by atoms with Crippen LogP contribution in [0.15, 0.2) is 24.3 Å². The van der Waals surface area contributed by atoms with Gasteiger partial charge in [0, 0.05) is 36.9 Å². The van der Waals surface area contributed by atoms with Gasteiger partial charge in [-0.1, -0.05) is 11.6 Å². The first-order valence-electron chi connectivity index (χ1n) is 7.54. The zero-order chi connectivity index (χ0) is 17.0. The van der Waals surface area contributed by atoms with E-state index in [4.69, 9.17) is 16.3 Å². The predicted molar refractivity (Wildman–Crippen MR) is 89.9 cm³/mol. The molecule has 0 aromatic heterocycles. The number of benzene rings is 1. The van der Waals surface area contributed by atoms with Gasteiger partial charge in [-0.15, -0.1) is 0 Å². The Morgan fingerprint density at radius 1 is 1.04 bits per heavy atom. The maximum Gasteiger partial charge on any atom is 0.410 e. The van der Waals surface area contributed by atoms with Gasteiger partial charge in [0.05, 0.1) is 0 Å². The number of anilines is 1. The average molecular weight is 340 g/mol. The third-order valence-electron chi connectivity index (χ3n) is 3.31. The van der Waals surface area contributed by atoms with E-state index in [9.17, 15) is 9.59 Å². The molecule has 1 aliphatic rings. The number of urea groups is 1. The molecule has 23 heavy (non-hydrogen) atoms. The van der Waals surface area contributed by atoms with Crippen molar-refractivity contribution in [3.8, 4) is 0 Å². The molecule has 6 nitrogen and oxygen atoms in total. The van der Waals surface area contributed by atoms with E-state index < -0.39 is 5.60 Å². The maximum absolute atomic E-state index is 12.2. The second-order valence-corrected chi connectivity index (χ2v) is 6.83. The van der Waals surface area contributed by atoms with Crippen molar-refractivity contribution >= 4 is 29.4 Å². The van der Waals surface area contributed by atoms with Crippen molar-refractivity contribution in [3.05, 3.63) is 29.3 Å². The summed E-state index contributed by atoms with van der Waals surface area (Å²) in [5, 5.41) is 3.43. The van der Waals surface area contributed by atoms with Gasteiger partial charge in [0.15, 0.2) is 0 Å². The molecule has 3 amide bonds. The number of nitrogens with zero attached hydrogens (tertiary/aromatic N) is 2. The summed E-state index contributed by atoms with van der Waals surface area (Å²) in [5.41, 5.74) is 0.175. The number of carbonyl (C=O) groups is 2. The second kappa shape index (κ2) is 7.08. The Balaban J connectivity index is 1.83. The number of hydrogen-bond acceptors (Lipinski definition) is 3. The van der Waals surface area contributed by atoms with E-state index in [1.165, 1.54) is 0 Å². The molecule has 1 aromatic rings. The van der Waals surface area contributed by atoms with Crippen LogP contribution in [0, 0.1) is 0 Å². The molecule has 0 radical (unpaired) electrons. The summed E-state index contributed by atoms with van der Waals surface area (Å²) in [7, 11) is 0. The number of piperazine rings is 1. The molecule has 1 aromatic carbocycles. The van der Waals surface area contributed by atoms with Crippen molar-refractivity contribution in [1.82, 2.24) is 9.80 Å². The van der Waals surface area contributed by atoms with Crippen LogP contribution < -0.4 is 5.32 Å². The number of nitrogens with one attached hydrogen (secondary N) is 1. The summed E-state index contributed by atoms with van der Waals surface area (Å²) in [6.07, 6.45) is -0.338. The van der Waals surface area contributed by atoms with Crippen LogP contribution in [-0.4, -0.2) is 53.7 Å². The lowest BCUT2D eigenvalue weighted by Crippen LogP contribution is -2.52. The molecule has 0 spiro atoms. The van der Waals surface area contributed by atoms with Crippen LogP contribution in [0.25, 0.3) is 0 Å². The topological polar surface area (TPSA) is 61.9 Å². The molecule has 0 atom stereocenters. The van der Waals surface area contributed by atoms with Crippen LogP contribution in [0.4, 0.5) is 15.3 Å². The van der Waals surface area contributed by atoms with Crippen molar-refractivity contribution < 1.29 is 14.3 Å². The summed E-state index contributed by atoms with van der Waals surface area (Å²) in [4.78, 5) is 27.5. The first kappa shape index (κ1) is 17.4. The van der Waals surface area contributed by atoms with Crippen molar-refractivity contribution in [1.29, 1.82) is 0 Å². The Morgan fingerprint density at radius 2 is 1.57 bits per heavy atom. The monoisotopic (exact) mass is 339 g/mol. The normalized spacial score (nSPS) is 15.3. The van der Waals surface area contributed by atoms with E-state index >= 15 is 0 Å². The van der Waals surface area contributed by atoms with E-state index in [2.05, 4.69) is 5.32 Å². The van der Waals surface area contributed by atoms with Gasteiger partial charge in [-0.25, -0.2) is 9.59 Å². The number of amides is 3. The summed E-state index contributed by atoms with van der Waals surface area (Å²) < 4.78 is 5.34. The Bertz CT molecular complexity index is 561. The summed E-state index contributed by atoms with van der Waals surface area (Å²) >= 11 is 5.82.